The molecule has 0 saturated heterocycles. The van der Waals surface area contributed by atoms with Crippen LogP contribution in [0.4, 0.5) is 0 Å². The van der Waals surface area contributed by atoms with E-state index < -0.39 is 5.41 Å². The van der Waals surface area contributed by atoms with E-state index in [4.69, 9.17) is 10.5 Å². The van der Waals surface area contributed by atoms with Gasteiger partial charge in [0.05, 0.1) is 5.41 Å². The van der Waals surface area contributed by atoms with Gasteiger partial charge in [-0.1, -0.05) is 26.0 Å². The number of hydrogen-bond acceptors (Lipinski definition) is 3. The maximum Gasteiger partial charge on any atom is 0.313 e. The molecule has 1 atom stereocenters. The van der Waals surface area contributed by atoms with Crippen molar-refractivity contribution in [3.63, 3.8) is 0 Å². The summed E-state index contributed by atoms with van der Waals surface area (Å²) in [5.74, 6) is -0.225. The minimum Gasteiger partial charge on any atom is -0.461 e. The van der Waals surface area contributed by atoms with Crippen molar-refractivity contribution in [3.8, 4) is 0 Å². The topological polar surface area (TPSA) is 52.3 Å². The van der Waals surface area contributed by atoms with Gasteiger partial charge in [0.15, 0.2) is 0 Å². The normalized spacial score (nSPS) is 14.7. The van der Waals surface area contributed by atoms with Crippen LogP contribution in [0.5, 0.6) is 0 Å². The van der Waals surface area contributed by atoms with Crippen molar-refractivity contribution in [1.29, 1.82) is 0 Å². The van der Waals surface area contributed by atoms with Gasteiger partial charge in [-0.25, -0.2) is 0 Å². The molecule has 0 heterocycles. The molecule has 0 aromatic rings. The van der Waals surface area contributed by atoms with Gasteiger partial charge in [0.1, 0.15) is 6.61 Å². The van der Waals surface area contributed by atoms with Crippen LogP contribution in [-0.4, -0.2) is 19.1 Å². The molecule has 0 spiro atoms. The Morgan fingerprint density at radius 2 is 2.31 bits per heavy atom. The van der Waals surface area contributed by atoms with Gasteiger partial charge in [-0.05, 0) is 13.3 Å². The van der Waals surface area contributed by atoms with Gasteiger partial charge in [-0.3, -0.25) is 4.79 Å². The lowest BCUT2D eigenvalue weighted by molar-refractivity contribution is -0.153. The van der Waals surface area contributed by atoms with Crippen molar-refractivity contribution in [3.05, 3.63) is 12.7 Å². The average Bonchev–Trinajstić information content (AvgIpc) is 2.14. The summed E-state index contributed by atoms with van der Waals surface area (Å²) >= 11 is 0. The van der Waals surface area contributed by atoms with Crippen LogP contribution in [0.1, 0.15) is 26.7 Å². The van der Waals surface area contributed by atoms with E-state index in [1.54, 1.807) is 6.08 Å². The zero-order valence-electron chi connectivity index (χ0n) is 8.51. The molecule has 13 heavy (non-hydrogen) atoms. The number of rotatable bonds is 6. The standard InChI is InChI=1S/C10H19NO2/c1-4-6-10(3,8-11)9(12)13-7-5-2/h5H,2,4,6-8,11H2,1,3H3. The Morgan fingerprint density at radius 3 is 2.69 bits per heavy atom. The minimum absolute atomic E-state index is 0.225. The molecular weight excluding hydrogens is 166 g/mol. The van der Waals surface area contributed by atoms with Crippen LogP contribution in [0, 0.1) is 5.41 Å². The molecule has 3 nitrogen and oxygen atoms in total. The second-order valence-corrected chi connectivity index (χ2v) is 3.40. The highest BCUT2D eigenvalue weighted by atomic mass is 16.5. The number of esters is 1. The van der Waals surface area contributed by atoms with Crippen LogP contribution in [-0.2, 0) is 9.53 Å². The van der Waals surface area contributed by atoms with E-state index in [-0.39, 0.29) is 12.6 Å². The highest BCUT2D eigenvalue weighted by molar-refractivity contribution is 5.76. The molecule has 1 unspecified atom stereocenters. The Morgan fingerprint density at radius 1 is 1.69 bits per heavy atom. The van der Waals surface area contributed by atoms with E-state index in [9.17, 15) is 4.79 Å². The van der Waals surface area contributed by atoms with Gasteiger partial charge in [0.2, 0.25) is 0 Å². The van der Waals surface area contributed by atoms with Crippen LogP contribution >= 0.6 is 0 Å². The van der Waals surface area contributed by atoms with Crippen LogP contribution in [0.3, 0.4) is 0 Å². The molecule has 0 rings (SSSR count). The first-order valence-corrected chi connectivity index (χ1v) is 4.59. The summed E-state index contributed by atoms with van der Waals surface area (Å²) in [5.41, 5.74) is 5.01. The Balaban J connectivity index is 4.19. The largest absolute Gasteiger partial charge is 0.461 e. The van der Waals surface area contributed by atoms with E-state index in [1.165, 1.54) is 0 Å². The maximum atomic E-state index is 11.5. The van der Waals surface area contributed by atoms with Gasteiger partial charge < -0.3 is 10.5 Å². The van der Waals surface area contributed by atoms with E-state index in [0.29, 0.717) is 6.54 Å². The summed E-state index contributed by atoms with van der Waals surface area (Å²) in [4.78, 5) is 11.5. The van der Waals surface area contributed by atoms with Gasteiger partial charge >= 0.3 is 5.97 Å². The lowest BCUT2D eigenvalue weighted by Crippen LogP contribution is -2.37. The number of carbonyl (C=O) groups is 1. The molecule has 0 aliphatic heterocycles. The Kier molecular flexibility index (Phi) is 5.39. The van der Waals surface area contributed by atoms with Crippen LogP contribution < -0.4 is 5.73 Å². The first kappa shape index (κ1) is 12.2. The fourth-order valence-corrected chi connectivity index (χ4v) is 1.15. The SMILES string of the molecule is C=CCOC(=O)C(C)(CN)CCC. The lowest BCUT2D eigenvalue weighted by atomic mass is 9.86. The molecular formula is C10H19NO2. The quantitative estimate of drug-likeness (QED) is 0.503. The van der Waals surface area contributed by atoms with Crippen LogP contribution in [0.2, 0.25) is 0 Å². The van der Waals surface area contributed by atoms with E-state index in [1.807, 2.05) is 13.8 Å². The molecule has 0 aromatic heterocycles. The summed E-state index contributed by atoms with van der Waals surface area (Å²) < 4.78 is 4.96. The summed E-state index contributed by atoms with van der Waals surface area (Å²) in [6.07, 6.45) is 3.25. The van der Waals surface area contributed by atoms with Gasteiger partial charge in [0, 0.05) is 6.54 Å². The van der Waals surface area contributed by atoms with E-state index in [0.717, 1.165) is 12.8 Å². The zero-order valence-corrected chi connectivity index (χ0v) is 8.51. The Bertz CT molecular complexity index is 180. The van der Waals surface area contributed by atoms with Gasteiger partial charge in [-0.15, -0.1) is 0 Å². The summed E-state index contributed by atoms with van der Waals surface area (Å²) in [6.45, 7) is 7.93. The number of nitrogens with two attached hydrogens (primary N) is 1. The second-order valence-electron chi connectivity index (χ2n) is 3.40. The predicted octanol–water partition coefficient (Wildman–Crippen LogP) is 1.48. The third-order valence-corrected chi connectivity index (χ3v) is 2.08. The van der Waals surface area contributed by atoms with Crippen LogP contribution in [0.15, 0.2) is 12.7 Å². The smallest absolute Gasteiger partial charge is 0.313 e. The van der Waals surface area contributed by atoms with Crippen molar-refractivity contribution in [2.75, 3.05) is 13.2 Å². The van der Waals surface area contributed by atoms with Crippen molar-refractivity contribution >= 4 is 5.97 Å². The Labute approximate surface area is 79.9 Å². The molecule has 2 N–H and O–H groups in total. The first-order chi connectivity index (χ1) is 6.10. The zero-order chi connectivity index (χ0) is 10.3. The summed E-state index contributed by atoms with van der Waals surface area (Å²) in [6, 6.07) is 0. The van der Waals surface area contributed by atoms with E-state index in [2.05, 4.69) is 6.58 Å². The maximum absolute atomic E-state index is 11.5. The molecule has 0 radical (unpaired) electrons. The van der Waals surface area contributed by atoms with E-state index >= 15 is 0 Å². The predicted molar refractivity (Wildman–Crippen MR) is 53.2 cm³/mol. The molecule has 0 amide bonds. The molecule has 0 fully saturated rings. The third-order valence-electron chi connectivity index (χ3n) is 2.08. The monoisotopic (exact) mass is 185 g/mol. The molecule has 0 saturated carbocycles. The summed E-state index contributed by atoms with van der Waals surface area (Å²) in [5, 5.41) is 0. The summed E-state index contributed by atoms with van der Waals surface area (Å²) in [7, 11) is 0. The number of ether oxygens (including phenoxy) is 1. The molecule has 0 bridgehead atoms. The Hall–Kier alpha value is -0.830. The molecule has 76 valence electrons. The fourth-order valence-electron chi connectivity index (χ4n) is 1.15. The fraction of sp³-hybridized carbons (Fsp3) is 0.700. The number of hydrogen-bond donors (Lipinski definition) is 1. The first-order valence-electron chi connectivity index (χ1n) is 4.59. The molecule has 0 aliphatic rings. The van der Waals surface area contributed by atoms with Crippen molar-refractivity contribution in [2.45, 2.75) is 26.7 Å². The van der Waals surface area contributed by atoms with Gasteiger partial charge in [0.25, 0.3) is 0 Å². The van der Waals surface area contributed by atoms with Crippen molar-refractivity contribution in [1.82, 2.24) is 0 Å². The molecule has 0 aromatic carbocycles. The molecule has 3 heteroatoms. The highest BCUT2D eigenvalue weighted by Crippen LogP contribution is 2.23. The lowest BCUT2D eigenvalue weighted by Gasteiger charge is -2.24. The third kappa shape index (κ3) is 3.59. The van der Waals surface area contributed by atoms with Gasteiger partial charge in [-0.2, -0.15) is 0 Å². The minimum atomic E-state index is -0.530. The molecule has 0 aliphatic carbocycles. The second kappa shape index (κ2) is 5.75. The average molecular weight is 185 g/mol. The van der Waals surface area contributed by atoms with Crippen molar-refractivity contribution in [2.24, 2.45) is 11.1 Å². The van der Waals surface area contributed by atoms with Crippen molar-refractivity contribution < 1.29 is 9.53 Å². The highest BCUT2D eigenvalue weighted by Gasteiger charge is 2.32. The number of carbonyl (C=O) groups excluding carboxylic acids is 1. The van der Waals surface area contributed by atoms with Crippen LogP contribution in [0.25, 0.3) is 0 Å².